The summed E-state index contributed by atoms with van der Waals surface area (Å²) in [7, 11) is 1.55. The molecule has 3 aromatic rings. The number of rotatable bonds is 8. The van der Waals surface area contributed by atoms with Gasteiger partial charge in [-0.1, -0.05) is 12.1 Å². The summed E-state index contributed by atoms with van der Waals surface area (Å²) < 4.78 is 24.8. The molecular weight excluding hydrogens is 467 g/mol. The number of fused-ring (bicyclic) bond motifs is 1. The third-order valence-electron chi connectivity index (χ3n) is 6.13. The van der Waals surface area contributed by atoms with Crippen LogP contribution in [0.5, 0.6) is 11.5 Å². The first-order valence-corrected chi connectivity index (χ1v) is 12.4. The van der Waals surface area contributed by atoms with Crippen molar-refractivity contribution < 1.29 is 23.5 Å². The molecular formula is C27H29FN2O4S. The summed E-state index contributed by atoms with van der Waals surface area (Å²) in [6.07, 6.45) is 0.751. The second kappa shape index (κ2) is 10.9. The molecule has 0 radical (unpaired) electrons. The maximum absolute atomic E-state index is 13.6. The highest BCUT2D eigenvalue weighted by Crippen LogP contribution is 2.34. The van der Waals surface area contributed by atoms with E-state index in [2.05, 4.69) is 0 Å². The molecule has 0 N–H and O–H groups in total. The summed E-state index contributed by atoms with van der Waals surface area (Å²) in [6.45, 7) is 4.46. The minimum Gasteiger partial charge on any atom is -0.497 e. The zero-order valence-electron chi connectivity index (χ0n) is 20.1. The Hall–Kier alpha value is -3.39. The molecule has 35 heavy (non-hydrogen) atoms. The van der Waals surface area contributed by atoms with E-state index in [1.54, 1.807) is 64.6 Å². The summed E-state index contributed by atoms with van der Waals surface area (Å²) in [6, 6.07) is 14.4. The molecule has 0 bridgehead atoms. The fourth-order valence-electron chi connectivity index (χ4n) is 4.25. The molecule has 4 rings (SSSR count). The topological polar surface area (TPSA) is 59.1 Å². The van der Waals surface area contributed by atoms with Crippen molar-refractivity contribution in [2.45, 2.75) is 32.4 Å². The largest absolute Gasteiger partial charge is 0.497 e. The van der Waals surface area contributed by atoms with Gasteiger partial charge in [0.2, 0.25) is 5.91 Å². The molecule has 1 aliphatic heterocycles. The molecule has 1 unspecified atom stereocenters. The Labute approximate surface area is 208 Å². The summed E-state index contributed by atoms with van der Waals surface area (Å²) in [5, 5.41) is 2.01. The quantitative estimate of drug-likeness (QED) is 0.443. The zero-order valence-corrected chi connectivity index (χ0v) is 20.9. The molecule has 0 saturated carbocycles. The van der Waals surface area contributed by atoms with E-state index in [9.17, 15) is 14.0 Å². The fraction of sp³-hybridized carbons (Fsp3) is 0.333. The van der Waals surface area contributed by atoms with Gasteiger partial charge in [0, 0.05) is 29.1 Å². The maximum Gasteiger partial charge on any atom is 0.254 e. The number of carbonyl (C=O) groups is 2. The van der Waals surface area contributed by atoms with Crippen LogP contribution in [0.2, 0.25) is 0 Å². The van der Waals surface area contributed by atoms with Crippen LogP contribution in [-0.4, -0.2) is 54.5 Å². The van der Waals surface area contributed by atoms with Crippen LogP contribution in [0.25, 0.3) is 0 Å². The van der Waals surface area contributed by atoms with Gasteiger partial charge in [-0.3, -0.25) is 9.59 Å². The molecule has 0 saturated heterocycles. The highest BCUT2D eigenvalue weighted by atomic mass is 32.1. The number of benzene rings is 2. The molecule has 0 spiro atoms. The third-order valence-corrected chi connectivity index (χ3v) is 7.12. The first-order valence-electron chi connectivity index (χ1n) is 11.6. The number of thiophene rings is 1. The average molecular weight is 497 g/mol. The van der Waals surface area contributed by atoms with E-state index in [1.165, 1.54) is 17.0 Å². The van der Waals surface area contributed by atoms with Crippen molar-refractivity contribution in [1.82, 2.24) is 9.80 Å². The van der Waals surface area contributed by atoms with Gasteiger partial charge in [0.25, 0.3) is 5.91 Å². The Balaban J connectivity index is 1.53. The van der Waals surface area contributed by atoms with E-state index >= 15 is 0 Å². The molecule has 2 aromatic carbocycles. The fourth-order valence-corrected chi connectivity index (χ4v) is 5.18. The summed E-state index contributed by atoms with van der Waals surface area (Å²) in [4.78, 5) is 31.4. The molecule has 0 aliphatic carbocycles. The minimum atomic E-state index is -0.376. The number of hydrogen-bond donors (Lipinski definition) is 0. The van der Waals surface area contributed by atoms with E-state index in [4.69, 9.17) is 9.47 Å². The van der Waals surface area contributed by atoms with Crippen molar-refractivity contribution in [3.05, 3.63) is 81.8 Å². The molecule has 6 nitrogen and oxygen atoms in total. The number of methoxy groups -OCH3 is 1. The Morgan fingerprint density at radius 3 is 2.66 bits per heavy atom. The Bertz CT molecular complexity index is 1200. The van der Waals surface area contributed by atoms with Gasteiger partial charge in [-0.15, -0.1) is 11.3 Å². The first kappa shape index (κ1) is 24.7. The lowest BCUT2D eigenvalue weighted by atomic mass is 10.00. The number of carbonyl (C=O) groups excluding carboxylic acids is 2. The molecule has 1 atom stereocenters. The van der Waals surface area contributed by atoms with Crippen molar-refractivity contribution in [2.75, 3.05) is 26.8 Å². The lowest BCUT2D eigenvalue weighted by molar-refractivity contribution is -0.136. The maximum atomic E-state index is 13.6. The average Bonchev–Trinajstić information content (AvgIpc) is 3.34. The Morgan fingerprint density at radius 2 is 1.91 bits per heavy atom. The second-order valence-corrected chi connectivity index (χ2v) is 9.68. The zero-order chi connectivity index (χ0) is 24.9. The van der Waals surface area contributed by atoms with Gasteiger partial charge < -0.3 is 19.3 Å². The van der Waals surface area contributed by atoms with Crippen molar-refractivity contribution in [1.29, 1.82) is 0 Å². The van der Waals surface area contributed by atoms with Gasteiger partial charge in [0.15, 0.2) is 0 Å². The van der Waals surface area contributed by atoms with Crippen molar-refractivity contribution in [2.24, 2.45) is 0 Å². The molecule has 2 heterocycles. The molecule has 2 amide bonds. The van der Waals surface area contributed by atoms with Crippen LogP contribution in [0.4, 0.5) is 4.39 Å². The SMILES string of the molecule is COc1cccc(C(=O)N(CC(=O)N2CCc3sccc3C2COc2cccc(F)c2)C(C)C)c1. The summed E-state index contributed by atoms with van der Waals surface area (Å²) in [5.74, 6) is 0.241. The first-order chi connectivity index (χ1) is 16.9. The van der Waals surface area contributed by atoms with Gasteiger partial charge in [-0.2, -0.15) is 0 Å². The molecule has 184 valence electrons. The highest BCUT2D eigenvalue weighted by molar-refractivity contribution is 7.10. The summed E-state index contributed by atoms with van der Waals surface area (Å²) >= 11 is 1.66. The van der Waals surface area contributed by atoms with Crippen LogP contribution in [0.1, 0.15) is 40.7 Å². The highest BCUT2D eigenvalue weighted by Gasteiger charge is 2.34. The van der Waals surface area contributed by atoms with E-state index < -0.39 is 0 Å². The second-order valence-electron chi connectivity index (χ2n) is 8.68. The van der Waals surface area contributed by atoms with E-state index in [0.29, 0.717) is 23.6 Å². The number of nitrogens with zero attached hydrogens (tertiary/aromatic N) is 2. The smallest absolute Gasteiger partial charge is 0.254 e. The van der Waals surface area contributed by atoms with Crippen LogP contribution in [0, 0.1) is 5.82 Å². The molecule has 0 fully saturated rings. The number of hydrogen-bond acceptors (Lipinski definition) is 5. The Kier molecular flexibility index (Phi) is 7.70. The normalized spacial score (nSPS) is 15.0. The van der Waals surface area contributed by atoms with Gasteiger partial charge in [0.05, 0.1) is 13.2 Å². The van der Waals surface area contributed by atoms with E-state index in [-0.39, 0.29) is 42.9 Å². The monoisotopic (exact) mass is 496 g/mol. The van der Waals surface area contributed by atoms with Gasteiger partial charge >= 0.3 is 0 Å². The van der Waals surface area contributed by atoms with E-state index in [1.807, 2.05) is 25.3 Å². The number of amides is 2. The van der Waals surface area contributed by atoms with Gasteiger partial charge in [-0.05, 0) is 67.6 Å². The lowest BCUT2D eigenvalue weighted by Gasteiger charge is -2.37. The minimum absolute atomic E-state index is 0.0519. The van der Waals surface area contributed by atoms with Crippen molar-refractivity contribution in [3.63, 3.8) is 0 Å². The van der Waals surface area contributed by atoms with Crippen LogP contribution in [-0.2, 0) is 11.2 Å². The number of ether oxygens (including phenoxy) is 2. The third kappa shape index (κ3) is 5.65. The van der Waals surface area contributed by atoms with E-state index in [0.717, 1.165) is 12.0 Å². The molecule has 1 aromatic heterocycles. The predicted molar refractivity (Wildman–Crippen MR) is 134 cm³/mol. The van der Waals surface area contributed by atoms with Crippen molar-refractivity contribution in [3.8, 4) is 11.5 Å². The Morgan fingerprint density at radius 1 is 1.14 bits per heavy atom. The standard InChI is InChI=1S/C27H29FN2O4S/c1-18(2)30(27(32)19-6-4-8-21(14-19)33-3)16-26(31)29-12-10-25-23(11-13-35-25)24(29)17-34-22-9-5-7-20(28)15-22/h4-9,11,13-15,18,24H,10,12,16-17H2,1-3H3. The molecule has 1 aliphatic rings. The van der Waals surface area contributed by atoms with Gasteiger partial charge in [0.1, 0.15) is 30.5 Å². The predicted octanol–water partition coefficient (Wildman–Crippen LogP) is 4.95. The van der Waals surface area contributed by atoms with Crippen LogP contribution in [0.15, 0.2) is 60.0 Å². The van der Waals surface area contributed by atoms with Crippen LogP contribution < -0.4 is 9.47 Å². The van der Waals surface area contributed by atoms with Gasteiger partial charge in [-0.25, -0.2) is 4.39 Å². The van der Waals surface area contributed by atoms with Crippen LogP contribution in [0.3, 0.4) is 0 Å². The number of halogens is 1. The summed E-state index contributed by atoms with van der Waals surface area (Å²) in [5.41, 5.74) is 1.51. The lowest BCUT2D eigenvalue weighted by Crippen LogP contribution is -2.49. The molecule has 8 heteroatoms. The van der Waals surface area contributed by atoms with Crippen molar-refractivity contribution >= 4 is 23.2 Å². The van der Waals surface area contributed by atoms with Crippen LogP contribution >= 0.6 is 11.3 Å².